The third kappa shape index (κ3) is 3.32. The van der Waals surface area contributed by atoms with E-state index in [2.05, 4.69) is 22.4 Å². The number of hydrogen-bond donors (Lipinski definition) is 1. The van der Waals surface area contributed by atoms with Gasteiger partial charge in [0.1, 0.15) is 0 Å². The molecule has 17 heavy (non-hydrogen) atoms. The first-order valence-electron chi connectivity index (χ1n) is 5.68. The highest BCUT2D eigenvalue weighted by molar-refractivity contribution is 5.28. The largest absolute Gasteiger partial charge is 0.383 e. The molecule has 0 unspecified atom stereocenters. The average molecular weight is 231 g/mol. The number of nitrogens with zero attached hydrogens (tertiary/aromatic N) is 2. The molecule has 90 valence electrons. The van der Waals surface area contributed by atoms with Crippen molar-refractivity contribution in [1.82, 2.24) is 9.55 Å². The van der Waals surface area contributed by atoms with E-state index in [1.807, 2.05) is 29.0 Å². The van der Waals surface area contributed by atoms with Crippen LogP contribution < -0.4 is 5.32 Å². The highest BCUT2D eigenvalue weighted by Crippen LogP contribution is 2.07. The van der Waals surface area contributed by atoms with Gasteiger partial charge in [0, 0.05) is 32.6 Å². The Bertz CT molecular complexity index is 439. The number of benzene rings is 1. The summed E-state index contributed by atoms with van der Waals surface area (Å²) in [6.07, 6.45) is 3.75. The summed E-state index contributed by atoms with van der Waals surface area (Å²) in [4.78, 5) is 4.28. The Morgan fingerprint density at radius 1 is 1.29 bits per heavy atom. The van der Waals surface area contributed by atoms with Gasteiger partial charge in [0.2, 0.25) is 5.95 Å². The fraction of sp³-hybridized carbons (Fsp3) is 0.308. The summed E-state index contributed by atoms with van der Waals surface area (Å²) in [5, 5.41) is 3.31. The zero-order valence-electron chi connectivity index (χ0n) is 9.97. The molecule has 1 aromatic carbocycles. The van der Waals surface area contributed by atoms with Crippen LogP contribution in [0.15, 0.2) is 42.7 Å². The van der Waals surface area contributed by atoms with E-state index >= 15 is 0 Å². The Balaban J connectivity index is 1.92. The van der Waals surface area contributed by atoms with Gasteiger partial charge in [0.15, 0.2) is 0 Å². The Labute approximate surface area is 101 Å². The maximum absolute atomic E-state index is 5.06. The minimum atomic E-state index is 0.691. The van der Waals surface area contributed by atoms with E-state index in [-0.39, 0.29) is 0 Å². The lowest BCUT2D eigenvalue weighted by atomic mass is 10.2. The molecular weight excluding hydrogens is 214 g/mol. The van der Waals surface area contributed by atoms with Gasteiger partial charge in [-0.1, -0.05) is 30.3 Å². The topological polar surface area (TPSA) is 39.1 Å². The van der Waals surface area contributed by atoms with Crippen LogP contribution in [-0.2, 0) is 17.8 Å². The number of nitrogens with one attached hydrogen (secondary N) is 1. The Morgan fingerprint density at radius 2 is 2.12 bits per heavy atom. The van der Waals surface area contributed by atoms with Crippen molar-refractivity contribution >= 4 is 5.95 Å². The van der Waals surface area contributed by atoms with Crippen molar-refractivity contribution in [2.24, 2.45) is 0 Å². The summed E-state index contributed by atoms with van der Waals surface area (Å²) in [5.74, 6) is 0.880. The first-order valence-corrected chi connectivity index (χ1v) is 5.68. The summed E-state index contributed by atoms with van der Waals surface area (Å²) in [6.45, 7) is 2.29. The Morgan fingerprint density at radius 3 is 2.88 bits per heavy atom. The minimum absolute atomic E-state index is 0.691. The van der Waals surface area contributed by atoms with Gasteiger partial charge in [-0.15, -0.1) is 0 Å². The fourth-order valence-electron chi connectivity index (χ4n) is 1.62. The average Bonchev–Trinajstić information content (AvgIpc) is 2.82. The number of ether oxygens (including phenoxy) is 1. The normalized spacial score (nSPS) is 10.4. The smallest absolute Gasteiger partial charge is 0.203 e. The van der Waals surface area contributed by atoms with Crippen molar-refractivity contribution in [1.29, 1.82) is 0 Å². The third-order valence-corrected chi connectivity index (χ3v) is 2.55. The summed E-state index contributed by atoms with van der Waals surface area (Å²) in [7, 11) is 1.70. The van der Waals surface area contributed by atoms with Crippen molar-refractivity contribution in [3.05, 3.63) is 48.3 Å². The van der Waals surface area contributed by atoms with Crippen molar-refractivity contribution in [2.45, 2.75) is 13.1 Å². The van der Waals surface area contributed by atoms with Gasteiger partial charge in [0.05, 0.1) is 6.61 Å². The van der Waals surface area contributed by atoms with E-state index in [0.717, 1.165) is 19.0 Å². The van der Waals surface area contributed by atoms with E-state index < -0.39 is 0 Å². The van der Waals surface area contributed by atoms with Gasteiger partial charge in [-0.25, -0.2) is 4.98 Å². The van der Waals surface area contributed by atoms with Crippen LogP contribution in [0.4, 0.5) is 5.95 Å². The lowest BCUT2D eigenvalue weighted by Crippen LogP contribution is -2.09. The van der Waals surface area contributed by atoms with Crippen molar-refractivity contribution < 1.29 is 4.74 Å². The molecule has 0 bridgehead atoms. The van der Waals surface area contributed by atoms with Crippen LogP contribution >= 0.6 is 0 Å². The molecule has 0 amide bonds. The van der Waals surface area contributed by atoms with Gasteiger partial charge in [-0.3, -0.25) is 0 Å². The molecule has 2 aromatic rings. The number of anilines is 1. The second kappa shape index (κ2) is 6.06. The van der Waals surface area contributed by atoms with Crippen LogP contribution in [-0.4, -0.2) is 23.3 Å². The highest BCUT2D eigenvalue weighted by Gasteiger charge is 2.01. The first-order chi connectivity index (χ1) is 8.40. The maximum Gasteiger partial charge on any atom is 0.203 e. The molecule has 0 saturated heterocycles. The SMILES string of the molecule is COCCn1ccnc1NCc1ccccc1. The van der Waals surface area contributed by atoms with E-state index in [9.17, 15) is 0 Å². The molecule has 0 aliphatic rings. The molecule has 4 heteroatoms. The van der Waals surface area contributed by atoms with E-state index in [1.54, 1.807) is 13.3 Å². The maximum atomic E-state index is 5.06. The van der Waals surface area contributed by atoms with Crippen molar-refractivity contribution in [3.63, 3.8) is 0 Å². The van der Waals surface area contributed by atoms with E-state index in [4.69, 9.17) is 4.74 Å². The molecule has 0 fully saturated rings. The molecule has 4 nitrogen and oxygen atoms in total. The van der Waals surface area contributed by atoms with Crippen LogP contribution in [0.3, 0.4) is 0 Å². The molecule has 1 heterocycles. The lowest BCUT2D eigenvalue weighted by Gasteiger charge is -2.09. The monoisotopic (exact) mass is 231 g/mol. The number of aromatic nitrogens is 2. The van der Waals surface area contributed by atoms with Gasteiger partial charge in [0.25, 0.3) is 0 Å². The summed E-state index contributed by atoms with van der Waals surface area (Å²) >= 11 is 0. The highest BCUT2D eigenvalue weighted by atomic mass is 16.5. The fourth-order valence-corrected chi connectivity index (χ4v) is 1.62. The van der Waals surface area contributed by atoms with Gasteiger partial charge < -0.3 is 14.6 Å². The summed E-state index contributed by atoms with van der Waals surface area (Å²) < 4.78 is 7.10. The van der Waals surface area contributed by atoms with Crippen molar-refractivity contribution in [3.8, 4) is 0 Å². The molecule has 0 spiro atoms. The van der Waals surface area contributed by atoms with Crippen LogP contribution in [0.2, 0.25) is 0 Å². The number of hydrogen-bond acceptors (Lipinski definition) is 3. The molecule has 0 atom stereocenters. The zero-order chi connectivity index (χ0) is 11.9. The molecule has 0 saturated carbocycles. The second-order valence-corrected chi connectivity index (χ2v) is 3.78. The number of imidazole rings is 1. The van der Waals surface area contributed by atoms with Crippen LogP contribution in [0.1, 0.15) is 5.56 Å². The summed E-state index contributed by atoms with van der Waals surface area (Å²) in [5.41, 5.74) is 1.24. The molecule has 2 rings (SSSR count). The molecule has 1 N–H and O–H groups in total. The second-order valence-electron chi connectivity index (χ2n) is 3.78. The predicted molar refractivity (Wildman–Crippen MR) is 67.9 cm³/mol. The minimum Gasteiger partial charge on any atom is -0.383 e. The molecule has 0 radical (unpaired) electrons. The Hall–Kier alpha value is -1.81. The molecule has 1 aromatic heterocycles. The predicted octanol–water partition coefficient (Wildman–Crippen LogP) is 2.14. The van der Waals surface area contributed by atoms with E-state index in [0.29, 0.717) is 6.61 Å². The number of rotatable bonds is 6. The van der Waals surface area contributed by atoms with Gasteiger partial charge >= 0.3 is 0 Å². The first kappa shape index (κ1) is 11.7. The summed E-state index contributed by atoms with van der Waals surface area (Å²) in [6, 6.07) is 10.3. The number of methoxy groups -OCH3 is 1. The van der Waals surface area contributed by atoms with Gasteiger partial charge in [-0.2, -0.15) is 0 Å². The lowest BCUT2D eigenvalue weighted by molar-refractivity contribution is 0.187. The Kier molecular flexibility index (Phi) is 4.16. The zero-order valence-corrected chi connectivity index (χ0v) is 9.97. The van der Waals surface area contributed by atoms with E-state index in [1.165, 1.54) is 5.56 Å². The standard InChI is InChI=1S/C13H17N3O/c1-17-10-9-16-8-7-14-13(16)15-11-12-5-3-2-4-6-12/h2-8H,9-11H2,1H3,(H,14,15). The quantitative estimate of drug-likeness (QED) is 0.828. The molecular formula is C13H17N3O. The molecule has 0 aliphatic heterocycles. The van der Waals surface area contributed by atoms with Crippen molar-refractivity contribution in [2.75, 3.05) is 19.0 Å². The van der Waals surface area contributed by atoms with Crippen LogP contribution in [0, 0.1) is 0 Å². The van der Waals surface area contributed by atoms with Crippen LogP contribution in [0.5, 0.6) is 0 Å². The molecule has 0 aliphatic carbocycles. The van der Waals surface area contributed by atoms with Crippen LogP contribution in [0.25, 0.3) is 0 Å². The van der Waals surface area contributed by atoms with Gasteiger partial charge in [-0.05, 0) is 5.56 Å². The third-order valence-electron chi connectivity index (χ3n) is 2.55.